The Morgan fingerprint density at radius 3 is 2.61 bits per heavy atom. The van der Waals surface area contributed by atoms with Crippen LogP contribution in [0, 0.1) is 16.0 Å². The van der Waals surface area contributed by atoms with Crippen molar-refractivity contribution in [3.8, 4) is 0 Å². The number of benzene rings is 1. The Balaban J connectivity index is 1.48. The summed E-state index contributed by atoms with van der Waals surface area (Å²) >= 11 is 0. The van der Waals surface area contributed by atoms with Crippen molar-refractivity contribution in [2.75, 3.05) is 29.0 Å². The Morgan fingerprint density at radius 1 is 1.16 bits per heavy atom. The number of rotatable bonds is 7. The lowest BCUT2D eigenvalue weighted by molar-refractivity contribution is -0.385. The molecule has 1 saturated heterocycles. The summed E-state index contributed by atoms with van der Waals surface area (Å²) in [5.74, 6) is 0.575. The third kappa shape index (κ3) is 5.22. The summed E-state index contributed by atoms with van der Waals surface area (Å²) in [6, 6.07) is 8.63. The first-order chi connectivity index (χ1) is 15.0. The van der Waals surface area contributed by atoms with Crippen molar-refractivity contribution in [1.82, 2.24) is 9.97 Å². The lowest BCUT2D eigenvalue weighted by atomic mass is 9.83. The second kappa shape index (κ2) is 9.47. The van der Waals surface area contributed by atoms with Gasteiger partial charge in [-0.1, -0.05) is 12.1 Å². The molecule has 2 fully saturated rings. The molecule has 166 valence electrons. The Hall–Kier alpha value is -2.94. The van der Waals surface area contributed by atoms with Gasteiger partial charge in [0.1, 0.15) is 5.69 Å². The highest BCUT2D eigenvalue weighted by molar-refractivity contribution is 5.58. The predicted octanol–water partition coefficient (Wildman–Crippen LogP) is 3.24. The number of anilines is 3. The van der Waals surface area contributed by atoms with E-state index in [4.69, 9.17) is 11.5 Å². The van der Waals surface area contributed by atoms with Gasteiger partial charge in [-0.15, -0.1) is 0 Å². The van der Waals surface area contributed by atoms with Crippen molar-refractivity contribution < 1.29 is 4.92 Å². The zero-order valence-electron chi connectivity index (χ0n) is 17.8. The third-order valence-corrected chi connectivity index (χ3v) is 6.37. The molecule has 2 heterocycles. The van der Waals surface area contributed by atoms with Gasteiger partial charge in [0.25, 0.3) is 0 Å². The highest BCUT2D eigenvalue weighted by atomic mass is 16.6. The zero-order chi connectivity index (χ0) is 21.8. The molecule has 0 radical (unpaired) electrons. The van der Waals surface area contributed by atoms with Crippen LogP contribution in [0.2, 0.25) is 0 Å². The molecule has 1 aromatic carbocycles. The minimum absolute atomic E-state index is 0.0872. The van der Waals surface area contributed by atoms with Crippen LogP contribution in [0.4, 0.5) is 23.1 Å². The van der Waals surface area contributed by atoms with Crippen LogP contribution in [-0.4, -0.2) is 34.0 Å². The van der Waals surface area contributed by atoms with Crippen LogP contribution in [0.1, 0.15) is 49.8 Å². The molecular weight excluding hydrogens is 394 g/mol. The number of nitrogen functional groups attached to an aromatic ring is 1. The quantitative estimate of drug-likeness (QED) is 0.454. The van der Waals surface area contributed by atoms with Gasteiger partial charge in [0, 0.05) is 31.4 Å². The average Bonchev–Trinajstić information content (AvgIpc) is 3.29. The van der Waals surface area contributed by atoms with E-state index in [0.29, 0.717) is 30.5 Å². The molecule has 0 unspecified atom stereocenters. The molecule has 1 saturated carbocycles. The summed E-state index contributed by atoms with van der Waals surface area (Å²) in [5.41, 5.74) is 14.5. The zero-order valence-corrected chi connectivity index (χ0v) is 17.8. The molecule has 2 aliphatic rings. The molecule has 0 bridgehead atoms. The van der Waals surface area contributed by atoms with Gasteiger partial charge in [-0.05, 0) is 68.6 Å². The van der Waals surface area contributed by atoms with E-state index in [1.807, 2.05) is 6.07 Å². The van der Waals surface area contributed by atoms with E-state index >= 15 is 0 Å². The first kappa shape index (κ1) is 21.3. The average molecular weight is 426 g/mol. The highest BCUT2D eigenvalue weighted by Gasteiger charge is 2.27. The summed E-state index contributed by atoms with van der Waals surface area (Å²) in [6.45, 7) is 2.71. The van der Waals surface area contributed by atoms with Crippen molar-refractivity contribution >= 4 is 23.1 Å². The number of nitrogens with two attached hydrogens (primary N) is 2. The van der Waals surface area contributed by atoms with Crippen LogP contribution in [0.3, 0.4) is 0 Å². The molecule has 0 amide bonds. The second-order valence-corrected chi connectivity index (χ2v) is 8.69. The molecule has 9 heteroatoms. The van der Waals surface area contributed by atoms with Crippen molar-refractivity contribution in [3.63, 3.8) is 0 Å². The maximum Gasteiger partial charge on any atom is 0.332 e. The summed E-state index contributed by atoms with van der Waals surface area (Å²) in [7, 11) is 0. The third-order valence-electron chi connectivity index (χ3n) is 6.37. The van der Waals surface area contributed by atoms with Crippen LogP contribution in [0.5, 0.6) is 0 Å². The molecule has 1 aliphatic carbocycles. The normalized spacial score (nSPS) is 21.3. The van der Waals surface area contributed by atoms with Gasteiger partial charge >= 0.3 is 5.69 Å². The molecular formula is C22H31N7O2. The van der Waals surface area contributed by atoms with E-state index in [0.717, 1.165) is 44.3 Å². The fourth-order valence-corrected chi connectivity index (χ4v) is 4.63. The smallest absolute Gasteiger partial charge is 0.332 e. The van der Waals surface area contributed by atoms with E-state index in [-0.39, 0.29) is 17.5 Å². The standard InChI is InChI=1S/C22H31N7O2/c23-17-8-6-15(7-9-17)13-19-20(29(30)31)21(24)27-22(26-19)25-14-16-4-3-5-18(12-16)28-10-1-2-11-28/h3-5,12,15,17H,1-2,6-11,13-14,23H2,(H3,24,25,26,27). The van der Waals surface area contributed by atoms with E-state index in [1.165, 1.54) is 18.5 Å². The lowest BCUT2D eigenvalue weighted by Gasteiger charge is -2.25. The summed E-state index contributed by atoms with van der Waals surface area (Å²) in [4.78, 5) is 22.2. The van der Waals surface area contributed by atoms with E-state index in [9.17, 15) is 10.1 Å². The molecule has 9 nitrogen and oxygen atoms in total. The van der Waals surface area contributed by atoms with E-state index in [2.05, 4.69) is 38.4 Å². The van der Waals surface area contributed by atoms with Gasteiger partial charge in [-0.25, -0.2) is 4.98 Å². The number of aromatic nitrogens is 2. The molecule has 1 aliphatic heterocycles. The summed E-state index contributed by atoms with van der Waals surface area (Å²) in [6.07, 6.45) is 6.77. The second-order valence-electron chi connectivity index (χ2n) is 8.69. The van der Waals surface area contributed by atoms with Gasteiger partial charge in [-0.3, -0.25) is 10.1 Å². The maximum atomic E-state index is 11.6. The van der Waals surface area contributed by atoms with Crippen LogP contribution in [0.25, 0.3) is 0 Å². The number of nitro groups is 1. The fourth-order valence-electron chi connectivity index (χ4n) is 4.63. The molecule has 5 N–H and O–H groups in total. The maximum absolute atomic E-state index is 11.6. The molecule has 2 aromatic rings. The molecule has 0 atom stereocenters. The van der Waals surface area contributed by atoms with Gasteiger partial charge < -0.3 is 21.7 Å². The summed E-state index contributed by atoms with van der Waals surface area (Å²) in [5, 5.41) is 14.8. The summed E-state index contributed by atoms with van der Waals surface area (Å²) < 4.78 is 0. The Labute approximate surface area is 182 Å². The van der Waals surface area contributed by atoms with Gasteiger partial charge in [0.05, 0.1) is 4.92 Å². The minimum atomic E-state index is -0.470. The van der Waals surface area contributed by atoms with Gasteiger partial charge in [0.15, 0.2) is 0 Å². The number of nitrogens with one attached hydrogen (secondary N) is 1. The molecule has 31 heavy (non-hydrogen) atoms. The van der Waals surface area contributed by atoms with Crippen LogP contribution >= 0.6 is 0 Å². The SMILES string of the molecule is Nc1nc(NCc2cccc(N3CCCC3)c2)nc(CC2CCC(N)CC2)c1[N+](=O)[O-]. The Kier molecular flexibility index (Phi) is 6.50. The van der Waals surface area contributed by atoms with Gasteiger partial charge in [-0.2, -0.15) is 4.98 Å². The van der Waals surface area contributed by atoms with E-state index < -0.39 is 4.92 Å². The Morgan fingerprint density at radius 2 is 1.90 bits per heavy atom. The molecule has 0 spiro atoms. The number of hydrogen-bond acceptors (Lipinski definition) is 8. The van der Waals surface area contributed by atoms with Crippen molar-refractivity contribution in [3.05, 3.63) is 45.6 Å². The van der Waals surface area contributed by atoms with Crippen molar-refractivity contribution in [1.29, 1.82) is 0 Å². The van der Waals surface area contributed by atoms with Crippen molar-refractivity contribution in [2.24, 2.45) is 11.7 Å². The van der Waals surface area contributed by atoms with Crippen LogP contribution in [0.15, 0.2) is 24.3 Å². The van der Waals surface area contributed by atoms with Crippen LogP contribution < -0.4 is 21.7 Å². The highest BCUT2D eigenvalue weighted by Crippen LogP contribution is 2.32. The topological polar surface area (TPSA) is 136 Å². The van der Waals surface area contributed by atoms with Gasteiger partial charge in [0.2, 0.25) is 11.8 Å². The molecule has 1 aromatic heterocycles. The largest absolute Gasteiger partial charge is 0.378 e. The Bertz CT molecular complexity index is 922. The van der Waals surface area contributed by atoms with Crippen LogP contribution in [-0.2, 0) is 13.0 Å². The first-order valence-corrected chi connectivity index (χ1v) is 11.1. The monoisotopic (exact) mass is 425 g/mol. The lowest BCUT2D eigenvalue weighted by Crippen LogP contribution is -2.27. The fraction of sp³-hybridized carbons (Fsp3) is 0.545. The minimum Gasteiger partial charge on any atom is -0.378 e. The number of nitrogens with zero attached hydrogens (tertiary/aromatic N) is 4. The molecule has 4 rings (SSSR count). The van der Waals surface area contributed by atoms with E-state index in [1.54, 1.807) is 0 Å². The van der Waals surface area contributed by atoms with Crippen molar-refractivity contribution in [2.45, 2.75) is 57.5 Å². The predicted molar refractivity (Wildman–Crippen MR) is 122 cm³/mol. The first-order valence-electron chi connectivity index (χ1n) is 11.1. The number of hydrogen-bond donors (Lipinski definition) is 3.